The van der Waals surface area contributed by atoms with E-state index in [2.05, 4.69) is 0 Å². The molecule has 0 saturated carbocycles. The zero-order chi connectivity index (χ0) is 13.4. The van der Waals surface area contributed by atoms with Crippen LogP contribution in [0, 0.1) is 12.7 Å². The lowest BCUT2D eigenvalue weighted by molar-refractivity contribution is 0.103. The molecule has 0 amide bonds. The Morgan fingerprint density at radius 1 is 1.16 bits per heavy atom. The predicted molar refractivity (Wildman–Crippen MR) is 70.8 cm³/mol. The number of benzene rings is 2. The SMILES string of the molecule is Cc1cc(F)cc(C(=O)c2coc3ccccc23)c1. The van der Waals surface area contributed by atoms with Gasteiger partial charge >= 0.3 is 0 Å². The summed E-state index contributed by atoms with van der Waals surface area (Å²) in [5.41, 5.74) is 2.17. The van der Waals surface area contributed by atoms with E-state index in [1.807, 2.05) is 18.2 Å². The Kier molecular flexibility index (Phi) is 2.67. The number of hydrogen-bond donors (Lipinski definition) is 0. The van der Waals surface area contributed by atoms with Crippen LogP contribution in [0.2, 0.25) is 0 Å². The number of carbonyl (C=O) groups is 1. The van der Waals surface area contributed by atoms with E-state index in [0.717, 1.165) is 10.9 Å². The van der Waals surface area contributed by atoms with E-state index in [4.69, 9.17) is 4.42 Å². The first-order valence-electron chi connectivity index (χ1n) is 5.93. The first kappa shape index (κ1) is 11.7. The Labute approximate surface area is 109 Å². The van der Waals surface area contributed by atoms with Gasteiger partial charge in [-0.1, -0.05) is 18.2 Å². The molecule has 3 heteroatoms. The van der Waals surface area contributed by atoms with Crippen LogP contribution in [0.25, 0.3) is 11.0 Å². The fraction of sp³-hybridized carbons (Fsp3) is 0.0625. The van der Waals surface area contributed by atoms with E-state index < -0.39 is 5.82 Å². The van der Waals surface area contributed by atoms with Crippen LogP contribution in [0.5, 0.6) is 0 Å². The minimum atomic E-state index is -0.406. The highest BCUT2D eigenvalue weighted by Crippen LogP contribution is 2.24. The summed E-state index contributed by atoms with van der Waals surface area (Å²) in [5, 5.41) is 0.745. The maximum absolute atomic E-state index is 13.4. The zero-order valence-electron chi connectivity index (χ0n) is 10.3. The first-order valence-corrected chi connectivity index (χ1v) is 5.93. The van der Waals surface area contributed by atoms with E-state index in [1.54, 1.807) is 19.1 Å². The number of halogens is 1. The van der Waals surface area contributed by atoms with Gasteiger partial charge in [0.25, 0.3) is 0 Å². The van der Waals surface area contributed by atoms with Crippen molar-refractivity contribution in [3.8, 4) is 0 Å². The number of carbonyl (C=O) groups excluding carboxylic acids is 1. The van der Waals surface area contributed by atoms with Crippen LogP contribution in [-0.2, 0) is 0 Å². The molecule has 3 aromatic rings. The quantitative estimate of drug-likeness (QED) is 0.644. The summed E-state index contributed by atoms with van der Waals surface area (Å²) in [6.07, 6.45) is 1.42. The van der Waals surface area contributed by atoms with Gasteiger partial charge in [0, 0.05) is 10.9 Å². The molecule has 0 unspecified atom stereocenters. The summed E-state index contributed by atoms with van der Waals surface area (Å²) >= 11 is 0. The van der Waals surface area contributed by atoms with Crippen LogP contribution in [0.3, 0.4) is 0 Å². The molecule has 19 heavy (non-hydrogen) atoms. The minimum Gasteiger partial charge on any atom is -0.464 e. The number of aryl methyl sites for hydroxylation is 1. The lowest BCUT2D eigenvalue weighted by atomic mass is 10.0. The summed E-state index contributed by atoms with van der Waals surface area (Å²) in [7, 11) is 0. The van der Waals surface area contributed by atoms with Gasteiger partial charge in [0.05, 0.1) is 5.56 Å². The minimum absolute atomic E-state index is 0.229. The van der Waals surface area contributed by atoms with Gasteiger partial charge < -0.3 is 4.42 Å². The Morgan fingerprint density at radius 2 is 1.95 bits per heavy atom. The topological polar surface area (TPSA) is 30.2 Å². The molecule has 0 aliphatic heterocycles. The fourth-order valence-electron chi connectivity index (χ4n) is 2.18. The Hall–Kier alpha value is -2.42. The van der Waals surface area contributed by atoms with E-state index >= 15 is 0 Å². The highest BCUT2D eigenvalue weighted by Gasteiger charge is 2.16. The predicted octanol–water partition coefficient (Wildman–Crippen LogP) is 4.11. The van der Waals surface area contributed by atoms with E-state index in [1.165, 1.54) is 18.4 Å². The molecule has 0 N–H and O–H groups in total. The van der Waals surface area contributed by atoms with Crippen molar-refractivity contribution in [2.45, 2.75) is 6.92 Å². The van der Waals surface area contributed by atoms with Gasteiger partial charge in [-0.05, 0) is 36.8 Å². The van der Waals surface area contributed by atoms with E-state index in [-0.39, 0.29) is 5.78 Å². The second kappa shape index (κ2) is 4.35. The maximum atomic E-state index is 13.4. The molecule has 2 aromatic carbocycles. The smallest absolute Gasteiger partial charge is 0.196 e. The standard InChI is InChI=1S/C16H11FO2/c1-10-6-11(8-12(17)7-10)16(18)14-9-19-15-5-3-2-4-13(14)15/h2-9H,1H3. The number of rotatable bonds is 2. The highest BCUT2D eigenvalue weighted by atomic mass is 19.1. The molecule has 0 atom stereocenters. The molecule has 94 valence electrons. The summed E-state index contributed by atoms with van der Waals surface area (Å²) in [4.78, 5) is 12.4. The number of para-hydroxylation sites is 1. The van der Waals surface area contributed by atoms with Crippen molar-refractivity contribution >= 4 is 16.8 Å². The molecule has 1 aromatic heterocycles. The lowest BCUT2D eigenvalue weighted by Gasteiger charge is -2.01. The molecule has 0 radical (unpaired) electrons. The van der Waals surface area contributed by atoms with Gasteiger partial charge in [-0.25, -0.2) is 4.39 Å². The molecule has 0 spiro atoms. The molecular weight excluding hydrogens is 243 g/mol. The normalized spacial score (nSPS) is 10.8. The second-order valence-electron chi connectivity index (χ2n) is 4.49. The van der Waals surface area contributed by atoms with Crippen LogP contribution >= 0.6 is 0 Å². The van der Waals surface area contributed by atoms with Crippen molar-refractivity contribution in [3.05, 3.63) is 71.2 Å². The summed E-state index contributed by atoms with van der Waals surface area (Å²) < 4.78 is 18.7. The Morgan fingerprint density at radius 3 is 2.74 bits per heavy atom. The largest absolute Gasteiger partial charge is 0.464 e. The van der Waals surface area contributed by atoms with Crippen molar-refractivity contribution in [1.29, 1.82) is 0 Å². The summed E-state index contributed by atoms with van der Waals surface area (Å²) in [6.45, 7) is 1.76. The molecule has 1 heterocycles. The van der Waals surface area contributed by atoms with Crippen LogP contribution in [0.4, 0.5) is 4.39 Å². The summed E-state index contributed by atoms with van der Waals surface area (Å²) in [6, 6.07) is 11.6. The summed E-state index contributed by atoms with van der Waals surface area (Å²) in [5.74, 6) is -0.635. The van der Waals surface area contributed by atoms with Crippen molar-refractivity contribution in [2.24, 2.45) is 0 Å². The molecule has 0 saturated heterocycles. The average molecular weight is 254 g/mol. The van der Waals surface area contributed by atoms with Crippen molar-refractivity contribution in [3.63, 3.8) is 0 Å². The first-order chi connectivity index (χ1) is 9.15. The van der Waals surface area contributed by atoms with Crippen molar-refractivity contribution in [2.75, 3.05) is 0 Å². The van der Waals surface area contributed by atoms with Crippen LogP contribution in [0.1, 0.15) is 21.5 Å². The number of furan rings is 1. The van der Waals surface area contributed by atoms with Gasteiger partial charge in [-0.2, -0.15) is 0 Å². The zero-order valence-corrected chi connectivity index (χ0v) is 10.3. The number of fused-ring (bicyclic) bond motifs is 1. The molecule has 0 fully saturated rings. The van der Waals surface area contributed by atoms with Crippen LogP contribution < -0.4 is 0 Å². The number of ketones is 1. The van der Waals surface area contributed by atoms with Gasteiger partial charge in [0.1, 0.15) is 17.7 Å². The van der Waals surface area contributed by atoms with Gasteiger partial charge in [-0.3, -0.25) is 4.79 Å². The monoisotopic (exact) mass is 254 g/mol. The third-order valence-corrected chi connectivity index (χ3v) is 3.03. The molecule has 0 aliphatic rings. The van der Waals surface area contributed by atoms with Crippen LogP contribution in [-0.4, -0.2) is 5.78 Å². The molecular formula is C16H11FO2. The Bertz CT molecular complexity index is 751. The lowest BCUT2D eigenvalue weighted by Crippen LogP contribution is -2.01. The van der Waals surface area contributed by atoms with Crippen molar-refractivity contribution in [1.82, 2.24) is 0 Å². The third kappa shape index (κ3) is 2.03. The maximum Gasteiger partial charge on any atom is 0.196 e. The average Bonchev–Trinajstić information content (AvgIpc) is 2.80. The van der Waals surface area contributed by atoms with Crippen LogP contribution in [0.15, 0.2) is 53.1 Å². The third-order valence-electron chi connectivity index (χ3n) is 3.03. The Balaban J connectivity index is 2.13. The van der Waals surface area contributed by atoms with Gasteiger partial charge in [-0.15, -0.1) is 0 Å². The molecule has 0 bridgehead atoms. The van der Waals surface area contributed by atoms with Gasteiger partial charge in [0.15, 0.2) is 5.78 Å². The van der Waals surface area contributed by atoms with Crippen molar-refractivity contribution < 1.29 is 13.6 Å². The fourth-order valence-corrected chi connectivity index (χ4v) is 2.18. The van der Waals surface area contributed by atoms with E-state index in [0.29, 0.717) is 16.7 Å². The number of hydrogen-bond acceptors (Lipinski definition) is 2. The second-order valence-corrected chi connectivity index (χ2v) is 4.49. The molecule has 0 aliphatic carbocycles. The molecule has 2 nitrogen and oxygen atoms in total. The van der Waals surface area contributed by atoms with Gasteiger partial charge in [0.2, 0.25) is 0 Å². The van der Waals surface area contributed by atoms with E-state index in [9.17, 15) is 9.18 Å². The highest BCUT2D eigenvalue weighted by molar-refractivity contribution is 6.15. The molecule has 3 rings (SSSR count).